The number of halogens is 1. The average Bonchev–Trinajstić information content (AvgIpc) is 1.91. The summed E-state index contributed by atoms with van der Waals surface area (Å²) in [5.41, 5.74) is 0. The Morgan fingerprint density at radius 2 is 2.43 bits per heavy atom. The molecule has 0 saturated carbocycles. The van der Waals surface area contributed by atoms with Crippen LogP contribution < -0.4 is 0 Å². The standard InChI is InChI=1S/C4H3BrOS/c5-3-1-2-6-4(3)7/h1-2,7H. The fraction of sp³-hybridized carbons (Fsp3) is 0. The summed E-state index contributed by atoms with van der Waals surface area (Å²) in [6, 6.07) is 1.79. The zero-order valence-electron chi connectivity index (χ0n) is 3.39. The quantitative estimate of drug-likeness (QED) is 0.603. The van der Waals surface area contributed by atoms with Crippen LogP contribution in [0.4, 0.5) is 0 Å². The van der Waals surface area contributed by atoms with Gasteiger partial charge in [-0.3, -0.25) is 0 Å². The Morgan fingerprint density at radius 3 is 2.57 bits per heavy atom. The Kier molecular flexibility index (Phi) is 1.44. The van der Waals surface area contributed by atoms with Gasteiger partial charge < -0.3 is 4.42 Å². The summed E-state index contributed by atoms with van der Waals surface area (Å²) in [7, 11) is 0. The van der Waals surface area contributed by atoms with Gasteiger partial charge in [-0.1, -0.05) is 0 Å². The first-order chi connectivity index (χ1) is 3.30. The van der Waals surface area contributed by atoms with Crippen molar-refractivity contribution >= 4 is 28.6 Å². The molecule has 1 rings (SSSR count). The molecule has 38 valence electrons. The Hall–Kier alpha value is 0.110. The molecule has 0 aliphatic rings. The first kappa shape index (κ1) is 5.25. The summed E-state index contributed by atoms with van der Waals surface area (Å²) in [5.74, 6) is 0. The molecule has 0 fully saturated rings. The summed E-state index contributed by atoms with van der Waals surface area (Å²) in [6.07, 6.45) is 1.58. The third kappa shape index (κ3) is 1.01. The van der Waals surface area contributed by atoms with Gasteiger partial charge >= 0.3 is 0 Å². The van der Waals surface area contributed by atoms with E-state index in [0.29, 0.717) is 5.09 Å². The van der Waals surface area contributed by atoms with Gasteiger partial charge in [-0.2, -0.15) is 0 Å². The third-order valence-electron chi connectivity index (χ3n) is 0.598. The van der Waals surface area contributed by atoms with Crippen molar-refractivity contribution in [3.8, 4) is 0 Å². The van der Waals surface area contributed by atoms with Crippen LogP contribution in [0.2, 0.25) is 0 Å². The van der Waals surface area contributed by atoms with Crippen LogP contribution in [0.25, 0.3) is 0 Å². The van der Waals surface area contributed by atoms with Crippen molar-refractivity contribution in [1.29, 1.82) is 0 Å². The predicted octanol–water partition coefficient (Wildman–Crippen LogP) is 2.33. The molecular formula is C4H3BrOS. The normalized spacial score (nSPS) is 9.43. The molecule has 0 atom stereocenters. The van der Waals surface area contributed by atoms with E-state index in [4.69, 9.17) is 4.42 Å². The lowest BCUT2D eigenvalue weighted by molar-refractivity contribution is 0.473. The van der Waals surface area contributed by atoms with Crippen LogP contribution in [0.1, 0.15) is 0 Å². The molecule has 1 aromatic rings. The molecule has 0 bridgehead atoms. The van der Waals surface area contributed by atoms with Crippen LogP contribution in [-0.4, -0.2) is 0 Å². The minimum Gasteiger partial charge on any atom is -0.457 e. The SMILES string of the molecule is Sc1occc1Br. The average molecular weight is 179 g/mol. The molecule has 0 saturated heterocycles. The van der Waals surface area contributed by atoms with E-state index >= 15 is 0 Å². The highest BCUT2D eigenvalue weighted by atomic mass is 79.9. The van der Waals surface area contributed by atoms with Gasteiger partial charge in [-0.25, -0.2) is 0 Å². The second-order valence-electron chi connectivity index (χ2n) is 1.07. The van der Waals surface area contributed by atoms with Crippen LogP contribution >= 0.6 is 28.6 Å². The van der Waals surface area contributed by atoms with Crippen molar-refractivity contribution in [3.63, 3.8) is 0 Å². The van der Waals surface area contributed by atoms with E-state index in [1.54, 1.807) is 12.3 Å². The molecule has 0 aliphatic heterocycles. The van der Waals surface area contributed by atoms with E-state index < -0.39 is 0 Å². The lowest BCUT2D eigenvalue weighted by Crippen LogP contribution is -1.48. The largest absolute Gasteiger partial charge is 0.457 e. The van der Waals surface area contributed by atoms with Crippen molar-refractivity contribution in [2.24, 2.45) is 0 Å². The predicted molar refractivity (Wildman–Crippen MR) is 33.7 cm³/mol. The summed E-state index contributed by atoms with van der Waals surface area (Å²) in [6.45, 7) is 0. The Bertz CT molecular complexity index is 144. The van der Waals surface area contributed by atoms with Crippen LogP contribution in [0, 0.1) is 0 Å². The van der Waals surface area contributed by atoms with Gasteiger partial charge in [0.1, 0.15) is 0 Å². The maximum Gasteiger partial charge on any atom is 0.171 e. The smallest absolute Gasteiger partial charge is 0.171 e. The highest BCUT2D eigenvalue weighted by Crippen LogP contribution is 2.19. The third-order valence-corrected chi connectivity index (χ3v) is 1.88. The molecule has 0 unspecified atom stereocenters. The van der Waals surface area contributed by atoms with E-state index in [1.165, 1.54) is 0 Å². The molecule has 1 heterocycles. The summed E-state index contributed by atoms with van der Waals surface area (Å²) in [4.78, 5) is 0. The molecule has 0 aliphatic carbocycles. The monoisotopic (exact) mass is 178 g/mol. The van der Waals surface area contributed by atoms with Gasteiger partial charge in [0.25, 0.3) is 0 Å². The first-order valence-electron chi connectivity index (χ1n) is 1.72. The molecule has 0 radical (unpaired) electrons. The Morgan fingerprint density at radius 1 is 1.71 bits per heavy atom. The number of thiol groups is 1. The van der Waals surface area contributed by atoms with E-state index in [9.17, 15) is 0 Å². The first-order valence-corrected chi connectivity index (χ1v) is 2.96. The molecule has 1 nitrogen and oxygen atoms in total. The number of hydrogen-bond donors (Lipinski definition) is 1. The second kappa shape index (κ2) is 1.92. The lowest BCUT2D eigenvalue weighted by atomic mass is 10.7. The van der Waals surface area contributed by atoms with Gasteiger partial charge in [-0.15, -0.1) is 12.6 Å². The van der Waals surface area contributed by atoms with E-state index in [0.717, 1.165) is 4.47 Å². The molecule has 0 aromatic carbocycles. The van der Waals surface area contributed by atoms with Crippen molar-refractivity contribution in [2.45, 2.75) is 5.09 Å². The molecule has 0 spiro atoms. The highest BCUT2D eigenvalue weighted by Gasteiger charge is 1.92. The van der Waals surface area contributed by atoms with Gasteiger partial charge in [0.2, 0.25) is 0 Å². The van der Waals surface area contributed by atoms with Crippen molar-refractivity contribution in [1.82, 2.24) is 0 Å². The zero-order chi connectivity index (χ0) is 5.28. The number of rotatable bonds is 0. The van der Waals surface area contributed by atoms with Crippen molar-refractivity contribution in [3.05, 3.63) is 16.8 Å². The van der Waals surface area contributed by atoms with Crippen molar-refractivity contribution < 1.29 is 4.42 Å². The van der Waals surface area contributed by atoms with E-state index in [2.05, 4.69) is 28.6 Å². The van der Waals surface area contributed by atoms with Gasteiger partial charge in [0.05, 0.1) is 10.7 Å². The Labute approximate surface area is 55.2 Å². The minimum atomic E-state index is 0.625. The summed E-state index contributed by atoms with van der Waals surface area (Å²) < 4.78 is 5.68. The fourth-order valence-electron chi connectivity index (χ4n) is 0.286. The van der Waals surface area contributed by atoms with Gasteiger partial charge in [0, 0.05) is 0 Å². The van der Waals surface area contributed by atoms with E-state index in [1.807, 2.05) is 0 Å². The summed E-state index contributed by atoms with van der Waals surface area (Å²) >= 11 is 7.13. The minimum absolute atomic E-state index is 0.625. The molecule has 1 aromatic heterocycles. The van der Waals surface area contributed by atoms with Gasteiger partial charge in [-0.05, 0) is 22.0 Å². The van der Waals surface area contributed by atoms with Crippen molar-refractivity contribution in [2.75, 3.05) is 0 Å². The molecular weight excluding hydrogens is 176 g/mol. The molecule has 7 heavy (non-hydrogen) atoms. The summed E-state index contributed by atoms with van der Waals surface area (Å²) in [5, 5.41) is 0.625. The van der Waals surface area contributed by atoms with Gasteiger partial charge in [0.15, 0.2) is 5.09 Å². The van der Waals surface area contributed by atoms with Crippen LogP contribution in [0.3, 0.4) is 0 Å². The lowest BCUT2D eigenvalue weighted by Gasteiger charge is -1.75. The molecule has 0 amide bonds. The zero-order valence-corrected chi connectivity index (χ0v) is 5.87. The second-order valence-corrected chi connectivity index (χ2v) is 2.33. The molecule has 3 heteroatoms. The maximum atomic E-state index is 4.78. The van der Waals surface area contributed by atoms with Crippen LogP contribution in [-0.2, 0) is 0 Å². The fourth-order valence-corrected chi connectivity index (χ4v) is 0.623. The highest BCUT2D eigenvalue weighted by molar-refractivity contribution is 9.10. The maximum absolute atomic E-state index is 4.78. The number of furan rings is 1. The topological polar surface area (TPSA) is 13.1 Å². The molecule has 0 N–H and O–H groups in total. The van der Waals surface area contributed by atoms with Crippen LogP contribution in [0.15, 0.2) is 26.3 Å². The Balaban J connectivity index is 3.12. The van der Waals surface area contributed by atoms with E-state index in [-0.39, 0.29) is 0 Å². The number of hydrogen-bond acceptors (Lipinski definition) is 2. The van der Waals surface area contributed by atoms with Crippen LogP contribution in [0.5, 0.6) is 0 Å².